The molecule has 1 atom stereocenters. The number of carbonyl (C=O) groups is 1. The Labute approximate surface area is 162 Å². The summed E-state index contributed by atoms with van der Waals surface area (Å²) >= 11 is 0. The van der Waals surface area contributed by atoms with E-state index in [0.717, 1.165) is 16.4 Å². The molecule has 1 amide bonds. The Morgan fingerprint density at radius 3 is 2.36 bits per heavy atom. The molecule has 6 nitrogen and oxygen atoms in total. The maximum atomic E-state index is 13.9. The number of nitrogens with zero attached hydrogens (tertiary/aromatic N) is 2. The molecule has 0 aliphatic carbocycles. The van der Waals surface area contributed by atoms with Gasteiger partial charge in [-0.1, -0.05) is 6.07 Å². The summed E-state index contributed by atoms with van der Waals surface area (Å²) in [4.78, 5) is 12.6. The summed E-state index contributed by atoms with van der Waals surface area (Å²) in [5, 5.41) is 11.6. The van der Waals surface area contributed by atoms with Crippen LogP contribution in [0.3, 0.4) is 0 Å². The number of nitriles is 1. The maximum Gasteiger partial charge on any atom is 0.252 e. The van der Waals surface area contributed by atoms with Crippen LogP contribution in [0.15, 0.2) is 35.2 Å². The number of nitrogens with one attached hydrogen (secondary N) is 1. The fraction of sp³-hybridized carbons (Fsp3) is 0.263. The van der Waals surface area contributed by atoms with E-state index in [4.69, 9.17) is 0 Å². The van der Waals surface area contributed by atoms with Crippen LogP contribution in [0.25, 0.3) is 0 Å². The highest BCUT2D eigenvalue weighted by Gasteiger charge is 2.24. The summed E-state index contributed by atoms with van der Waals surface area (Å²) in [6, 6.07) is 5.73. The van der Waals surface area contributed by atoms with Crippen LogP contribution in [0, 0.1) is 36.8 Å². The van der Waals surface area contributed by atoms with Crippen molar-refractivity contribution in [3.8, 4) is 6.07 Å². The van der Waals surface area contributed by atoms with E-state index in [1.165, 1.54) is 26.2 Å². The molecular weight excluding hydrogens is 388 g/mol. The molecule has 0 fully saturated rings. The summed E-state index contributed by atoms with van der Waals surface area (Å²) in [6.07, 6.45) is 0. The average Bonchev–Trinajstić information content (AvgIpc) is 2.61. The molecular formula is C19H19F2N3O3S. The molecule has 0 aromatic heterocycles. The second-order valence-corrected chi connectivity index (χ2v) is 8.53. The van der Waals surface area contributed by atoms with Crippen LogP contribution >= 0.6 is 0 Å². The fourth-order valence-electron chi connectivity index (χ4n) is 2.55. The highest BCUT2D eigenvalue weighted by atomic mass is 32.2. The molecule has 0 aliphatic rings. The Morgan fingerprint density at radius 2 is 1.82 bits per heavy atom. The second-order valence-electron chi connectivity index (χ2n) is 6.41. The lowest BCUT2D eigenvalue weighted by atomic mass is 10.0. The van der Waals surface area contributed by atoms with Crippen LogP contribution < -0.4 is 5.32 Å². The predicted molar refractivity (Wildman–Crippen MR) is 99.0 cm³/mol. The van der Waals surface area contributed by atoms with Gasteiger partial charge in [-0.05, 0) is 43.2 Å². The summed E-state index contributed by atoms with van der Waals surface area (Å²) in [7, 11) is -1.05. The lowest BCUT2D eigenvalue weighted by Gasteiger charge is -2.17. The summed E-state index contributed by atoms with van der Waals surface area (Å²) in [5.41, 5.74) is 0.870. The molecule has 2 aromatic carbocycles. The molecule has 1 N–H and O–H groups in total. The van der Waals surface area contributed by atoms with Gasteiger partial charge >= 0.3 is 0 Å². The van der Waals surface area contributed by atoms with Gasteiger partial charge in [-0.2, -0.15) is 5.26 Å². The number of amides is 1. The van der Waals surface area contributed by atoms with Gasteiger partial charge in [0.05, 0.1) is 11.0 Å². The van der Waals surface area contributed by atoms with Crippen molar-refractivity contribution in [1.29, 1.82) is 5.26 Å². The van der Waals surface area contributed by atoms with Crippen molar-refractivity contribution in [2.75, 3.05) is 14.1 Å². The smallest absolute Gasteiger partial charge is 0.252 e. The molecule has 1 unspecified atom stereocenters. The van der Waals surface area contributed by atoms with Gasteiger partial charge in [0.25, 0.3) is 5.91 Å². The molecule has 0 aliphatic heterocycles. The van der Waals surface area contributed by atoms with Gasteiger partial charge in [0, 0.05) is 31.3 Å². The van der Waals surface area contributed by atoms with Crippen molar-refractivity contribution in [3.63, 3.8) is 0 Å². The first-order valence-electron chi connectivity index (χ1n) is 8.18. The van der Waals surface area contributed by atoms with E-state index in [0.29, 0.717) is 17.2 Å². The number of hydrogen-bond donors (Lipinski definition) is 1. The van der Waals surface area contributed by atoms with Gasteiger partial charge in [-0.3, -0.25) is 4.79 Å². The zero-order chi connectivity index (χ0) is 21.2. The molecule has 9 heteroatoms. The zero-order valence-electron chi connectivity index (χ0n) is 15.7. The van der Waals surface area contributed by atoms with E-state index >= 15 is 0 Å². The Kier molecular flexibility index (Phi) is 6.17. The minimum absolute atomic E-state index is 0.00583. The first-order valence-corrected chi connectivity index (χ1v) is 9.62. The summed E-state index contributed by atoms with van der Waals surface area (Å²) in [6.45, 7) is 3.28. The average molecular weight is 407 g/mol. The van der Waals surface area contributed by atoms with Crippen LogP contribution in [0.5, 0.6) is 0 Å². The van der Waals surface area contributed by atoms with Crippen LogP contribution in [0.1, 0.15) is 33.1 Å². The zero-order valence-corrected chi connectivity index (χ0v) is 16.6. The van der Waals surface area contributed by atoms with E-state index in [2.05, 4.69) is 5.32 Å². The highest BCUT2D eigenvalue weighted by Crippen LogP contribution is 2.24. The number of aryl methyl sites for hydroxylation is 1. The quantitative estimate of drug-likeness (QED) is 0.825. The van der Waals surface area contributed by atoms with Gasteiger partial charge in [0.1, 0.15) is 17.7 Å². The number of rotatable bonds is 5. The lowest BCUT2D eigenvalue weighted by Crippen LogP contribution is -2.29. The molecule has 0 saturated heterocycles. The minimum Gasteiger partial charge on any atom is -0.332 e. The molecule has 0 heterocycles. The second kappa shape index (κ2) is 8.04. The van der Waals surface area contributed by atoms with Crippen LogP contribution in [0.2, 0.25) is 0 Å². The first kappa shape index (κ1) is 21.5. The molecule has 2 aromatic rings. The van der Waals surface area contributed by atoms with Gasteiger partial charge in [-0.25, -0.2) is 21.5 Å². The van der Waals surface area contributed by atoms with Crippen molar-refractivity contribution in [1.82, 2.24) is 9.62 Å². The van der Waals surface area contributed by atoms with Gasteiger partial charge in [0.2, 0.25) is 10.0 Å². The lowest BCUT2D eigenvalue weighted by molar-refractivity contribution is 0.0944. The van der Waals surface area contributed by atoms with Crippen LogP contribution in [-0.4, -0.2) is 32.7 Å². The Balaban J connectivity index is 2.44. The Hall–Kier alpha value is -2.83. The van der Waals surface area contributed by atoms with Crippen molar-refractivity contribution in [2.45, 2.75) is 24.8 Å². The minimum atomic E-state index is -3.80. The Bertz CT molecular complexity index is 1080. The van der Waals surface area contributed by atoms with E-state index in [-0.39, 0.29) is 16.0 Å². The van der Waals surface area contributed by atoms with E-state index in [1.807, 2.05) is 0 Å². The SMILES string of the molecule is Cc1cc(C(=O)NC(C#N)c2ccc(F)cc2F)cc(S(=O)(=O)N(C)C)c1C. The van der Waals surface area contributed by atoms with E-state index < -0.39 is 33.6 Å². The van der Waals surface area contributed by atoms with Gasteiger partial charge in [0.15, 0.2) is 0 Å². The molecule has 148 valence electrons. The van der Waals surface area contributed by atoms with Crippen molar-refractivity contribution >= 4 is 15.9 Å². The molecule has 0 spiro atoms. The van der Waals surface area contributed by atoms with Crippen molar-refractivity contribution < 1.29 is 22.0 Å². The van der Waals surface area contributed by atoms with E-state index in [1.54, 1.807) is 19.9 Å². The third-order valence-corrected chi connectivity index (χ3v) is 6.26. The number of halogens is 2. The first-order chi connectivity index (χ1) is 13.0. The normalized spacial score (nSPS) is 12.5. The number of benzene rings is 2. The topological polar surface area (TPSA) is 90.3 Å². The molecule has 0 saturated carbocycles. The molecule has 0 bridgehead atoms. The monoisotopic (exact) mass is 407 g/mol. The van der Waals surface area contributed by atoms with Gasteiger partial charge in [-0.15, -0.1) is 0 Å². The van der Waals surface area contributed by atoms with Crippen molar-refractivity contribution in [2.24, 2.45) is 0 Å². The summed E-state index contributed by atoms with van der Waals surface area (Å²) in [5.74, 6) is -2.53. The number of hydrogen-bond acceptors (Lipinski definition) is 4. The van der Waals surface area contributed by atoms with Gasteiger partial charge < -0.3 is 5.32 Å². The highest BCUT2D eigenvalue weighted by molar-refractivity contribution is 7.89. The Morgan fingerprint density at radius 1 is 1.18 bits per heavy atom. The number of sulfonamides is 1. The third kappa shape index (κ3) is 4.18. The molecule has 2 rings (SSSR count). The van der Waals surface area contributed by atoms with Crippen molar-refractivity contribution in [3.05, 3.63) is 64.2 Å². The van der Waals surface area contributed by atoms with Crippen LogP contribution in [-0.2, 0) is 10.0 Å². The predicted octanol–water partition coefficient (Wildman–Crippen LogP) is 2.83. The standard InChI is InChI=1S/C19H19F2N3O3S/c1-11-7-13(8-18(12(11)2)28(26,27)24(3)4)19(25)23-17(10-22)15-6-5-14(20)9-16(15)21/h5-9,17H,1-4H3,(H,23,25). The largest absolute Gasteiger partial charge is 0.332 e. The molecule has 28 heavy (non-hydrogen) atoms. The third-order valence-electron chi connectivity index (χ3n) is 4.32. The number of carbonyl (C=O) groups excluding carboxylic acids is 1. The fourth-order valence-corrected chi connectivity index (χ4v) is 3.77. The molecule has 0 radical (unpaired) electrons. The maximum absolute atomic E-state index is 13.9. The van der Waals surface area contributed by atoms with Crippen LogP contribution in [0.4, 0.5) is 8.78 Å². The summed E-state index contributed by atoms with van der Waals surface area (Å²) < 4.78 is 53.1. The van der Waals surface area contributed by atoms with E-state index in [9.17, 15) is 27.3 Å².